The van der Waals surface area contributed by atoms with E-state index in [1.807, 2.05) is 0 Å². The molecule has 0 amide bonds. The fraction of sp³-hybridized carbons (Fsp3) is 0. The standard InChI is InChI=1S/C7H5BrN2O2/c8-3-2-12-7-5(3)6(11)4(9)1-10-7/h1-2H,9H2,(H,10,11). The summed E-state index contributed by atoms with van der Waals surface area (Å²) in [6.07, 6.45) is 2.86. The Morgan fingerprint density at radius 2 is 2.33 bits per heavy atom. The first-order chi connectivity index (χ1) is 5.70. The van der Waals surface area contributed by atoms with Gasteiger partial charge in [0.1, 0.15) is 11.6 Å². The Hall–Kier alpha value is -1.23. The molecule has 2 heterocycles. The third-order valence-corrected chi connectivity index (χ3v) is 2.18. The number of hydrogen-bond donors (Lipinski definition) is 2. The first-order valence-corrected chi connectivity index (χ1v) is 4.03. The molecule has 12 heavy (non-hydrogen) atoms. The van der Waals surface area contributed by atoms with Crippen LogP contribution in [0.5, 0.6) is 0 Å². The van der Waals surface area contributed by atoms with Crippen molar-refractivity contribution in [3.63, 3.8) is 0 Å². The van der Waals surface area contributed by atoms with E-state index in [4.69, 9.17) is 10.2 Å². The third kappa shape index (κ3) is 0.863. The summed E-state index contributed by atoms with van der Waals surface area (Å²) in [4.78, 5) is 14.1. The Labute approximate surface area is 75.5 Å². The SMILES string of the molecule is Nc1c[nH]c2occ(Br)c2c1=O. The van der Waals surface area contributed by atoms with Crippen molar-refractivity contribution in [2.24, 2.45) is 0 Å². The maximum atomic E-state index is 11.4. The Morgan fingerprint density at radius 1 is 1.58 bits per heavy atom. The first-order valence-electron chi connectivity index (χ1n) is 3.24. The number of nitrogens with two attached hydrogens (primary N) is 1. The Morgan fingerprint density at radius 3 is 3.08 bits per heavy atom. The van der Waals surface area contributed by atoms with Crippen molar-refractivity contribution >= 4 is 32.7 Å². The number of rotatable bonds is 0. The molecular formula is C7H5BrN2O2. The number of hydrogen-bond acceptors (Lipinski definition) is 3. The summed E-state index contributed by atoms with van der Waals surface area (Å²) in [6, 6.07) is 0. The van der Waals surface area contributed by atoms with E-state index in [0.29, 0.717) is 15.6 Å². The van der Waals surface area contributed by atoms with Crippen molar-refractivity contribution in [3.8, 4) is 0 Å². The highest BCUT2D eigenvalue weighted by molar-refractivity contribution is 9.10. The summed E-state index contributed by atoms with van der Waals surface area (Å²) in [5, 5.41) is 0.454. The molecule has 0 saturated heterocycles. The molecule has 0 aliphatic heterocycles. The number of anilines is 1. The highest BCUT2D eigenvalue weighted by Gasteiger charge is 2.08. The van der Waals surface area contributed by atoms with Gasteiger partial charge in [-0.2, -0.15) is 0 Å². The number of aromatic nitrogens is 1. The van der Waals surface area contributed by atoms with Gasteiger partial charge < -0.3 is 15.1 Å². The van der Waals surface area contributed by atoms with Crippen LogP contribution in [0, 0.1) is 0 Å². The molecule has 4 nitrogen and oxygen atoms in total. The maximum absolute atomic E-state index is 11.4. The fourth-order valence-electron chi connectivity index (χ4n) is 1.01. The van der Waals surface area contributed by atoms with Crippen LogP contribution in [0.25, 0.3) is 11.1 Å². The molecule has 5 heteroatoms. The van der Waals surface area contributed by atoms with Gasteiger partial charge in [-0.15, -0.1) is 0 Å². The van der Waals surface area contributed by atoms with Crippen LogP contribution in [0.3, 0.4) is 0 Å². The summed E-state index contributed by atoms with van der Waals surface area (Å²) < 4.78 is 5.64. The molecule has 0 radical (unpaired) electrons. The van der Waals surface area contributed by atoms with E-state index in [1.54, 1.807) is 0 Å². The van der Waals surface area contributed by atoms with Crippen molar-refractivity contribution in [2.75, 3.05) is 5.73 Å². The van der Waals surface area contributed by atoms with Crippen LogP contribution >= 0.6 is 15.9 Å². The van der Waals surface area contributed by atoms with Gasteiger partial charge in [-0.3, -0.25) is 4.79 Å². The summed E-state index contributed by atoms with van der Waals surface area (Å²) in [6.45, 7) is 0. The average Bonchev–Trinajstić information content (AvgIpc) is 2.41. The number of nitrogen functional groups attached to an aromatic ring is 1. The lowest BCUT2D eigenvalue weighted by Crippen LogP contribution is -2.07. The van der Waals surface area contributed by atoms with Crippen molar-refractivity contribution in [1.82, 2.24) is 4.98 Å². The van der Waals surface area contributed by atoms with Gasteiger partial charge in [-0.05, 0) is 15.9 Å². The molecule has 0 aliphatic carbocycles. The maximum Gasteiger partial charge on any atom is 0.216 e. The molecule has 0 atom stereocenters. The van der Waals surface area contributed by atoms with Crippen LogP contribution in [0.2, 0.25) is 0 Å². The number of H-pyrrole nitrogens is 1. The molecule has 0 aliphatic rings. The molecule has 0 saturated carbocycles. The molecule has 3 N–H and O–H groups in total. The Bertz CT molecular complexity index is 486. The third-order valence-electron chi connectivity index (χ3n) is 1.59. The molecule has 0 aromatic carbocycles. The monoisotopic (exact) mass is 228 g/mol. The van der Waals surface area contributed by atoms with Gasteiger partial charge in [0, 0.05) is 6.20 Å². The van der Waals surface area contributed by atoms with Gasteiger partial charge in [0.05, 0.1) is 10.2 Å². The lowest BCUT2D eigenvalue weighted by Gasteiger charge is -1.91. The van der Waals surface area contributed by atoms with Crippen LogP contribution < -0.4 is 11.2 Å². The molecule has 2 rings (SSSR count). The van der Waals surface area contributed by atoms with Gasteiger partial charge in [-0.1, -0.05) is 0 Å². The number of nitrogens with one attached hydrogen (secondary N) is 1. The molecule has 0 spiro atoms. The van der Waals surface area contributed by atoms with Gasteiger partial charge in [0.25, 0.3) is 0 Å². The zero-order valence-corrected chi connectivity index (χ0v) is 7.51. The van der Waals surface area contributed by atoms with E-state index in [0.717, 1.165) is 0 Å². The molecular weight excluding hydrogens is 224 g/mol. The van der Waals surface area contributed by atoms with E-state index >= 15 is 0 Å². The van der Waals surface area contributed by atoms with Crippen LogP contribution in [0.1, 0.15) is 0 Å². The predicted molar refractivity (Wildman–Crippen MR) is 48.9 cm³/mol. The molecule has 62 valence electrons. The van der Waals surface area contributed by atoms with Gasteiger partial charge >= 0.3 is 0 Å². The number of pyridine rings is 1. The minimum absolute atomic E-state index is 0.185. The second-order valence-corrected chi connectivity index (χ2v) is 3.22. The molecule has 0 bridgehead atoms. The number of halogens is 1. The topological polar surface area (TPSA) is 72.0 Å². The zero-order valence-electron chi connectivity index (χ0n) is 5.93. The van der Waals surface area contributed by atoms with E-state index in [-0.39, 0.29) is 11.1 Å². The van der Waals surface area contributed by atoms with Crippen molar-refractivity contribution in [1.29, 1.82) is 0 Å². The quantitative estimate of drug-likeness (QED) is 0.718. The average molecular weight is 229 g/mol. The van der Waals surface area contributed by atoms with Crippen LogP contribution in [-0.2, 0) is 0 Å². The first kappa shape index (κ1) is 7.42. The summed E-state index contributed by atoms with van der Waals surface area (Å²) in [7, 11) is 0. The lowest BCUT2D eigenvalue weighted by atomic mass is 10.3. The van der Waals surface area contributed by atoms with Crippen LogP contribution in [0.15, 0.2) is 26.1 Å². The zero-order chi connectivity index (χ0) is 8.72. The highest BCUT2D eigenvalue weighted by atomic mass is 79.9. The predicted octanol–water partition coefficient (Wildman–Crippen LogP) is 1.47. The van der Waals surface area contributed by atoms with Crippen LogP contribution in [0.4, 0.5) is 5.69 Å². The Balaban J connectivity index is 3.06. The van der Waals surface area contributed by atoms with Gasteiger partial charge in [0.2, 0.25) is 11.1 Å². The van der Waals surface area contributed by atoms with E-state index in [1.165, 1.54) is 12.5 Å². The smallest absolute Gasteiger partial charge is 0.216 e. The normalized spacial score (nSPS) is 10.8. The summed E-state index contributed by atoms with van der Waals surface area (Å²) in [5.74, 6) is 0. The van der Waals surface area contributed by atoms with Gasteiger partial charge in [-0.25, -0.2) is 0 Å². The minimum atomic E-state index is -0.218. The number of fused-ring (bicyclic) bond motifs is 1. The second-order valence-electron chi connectivity index (χ2n) is 2.36. The largest absolute Gasteiger partial charge is 0.447 e. The van der Waals surface area contributed by atoms with Crippen molar-refractivity contribution in [2.45, 2.75) is 0 Å². The number of furan rings is 1. The fourth-order valence-corrected chi connectivity index (χ4v) is 1.46. The van der Waals surface area contributed by atoms with E-state index < -0.39 is 0 Å². The Kier molecular flexibility index (Phi) is 1.47. The minimum Gasteiger partial charge on any atom is -0.447 e. The summed E-state index contributed by atoms with van der Waals surface area (Å²) in [5.41, 5.74) is 5.81. The molecule has 2 aromatic heterocycles. The van der Waals surface area contributed by atoms with Crippen molar-refractivity contribution < 1.29 is 4.42 Å². The highest BCUT2D eigenvalue weighted by Crippen LogP contribution is 2.21. The molecule has 0 fully saturated rings. The van der Waals surface area contributed by atoms with E-state index in [2.05, 4.69) is 20.9 Å². The van der Waals surface area contributed by atoms with Crippen LogP contribution in [-0.4, -0.2) is 4.98 Å². The second kappa shape index (κ2) is 2.38. The summed E-state index contributed by atoms with van der Waals surface area (Å²) >= 11 is 3.18. The van der Waals surface area contributed by atoms with Gasteiger partial charge in [0.15, 0.2) is 0 Å². The number of aromatic amines is 1. The molecule has 2 aromatic rings. The van der Waals surface area contributed by atoms with E-state index in [9.17, 15) is 4.79 Å². The lowest BCUT2D eigenvalue weighted by molar-refractivity contribution is 0.601. The molecule has 0 unspecified atom stereocenters. The van der Waals surface area contributed by atoms with Crippen molar-refractivity contribution in [3.05, 3.63) is 27.2 Å².